The minimum atomic E-state index is -1.20. The van der Waals surface area contributed by atoms with Crippen LogP contribution in [0.4, 0.5) is 0 Å². The van der Waals surface area contributed by atoms with Crippen LogP contribution in [0.15, 0.2) is 29.2 Å². The normalized spacial score (nSPS) is 14.5. The fraction of sp³-hybridized carbons (Fsp3) is 0.300. The molecule has 0 heterocycles. The van der Waals surface area contributed by atoms with Gasteiger partial charge in [-0.3, -0.25) is 4.21 Å². The summed E-state index contributed by atoms with van der Waals surface area (Å²) in [6, 6.07) is 9.42. The number of nitriles is 1. The first-order valence-corrected chi connectivity index (χ1v) is 5.23. The third-order valence-electron chi connectivity index (χ3n) is 1.72. The van der Waals surface area contributed by atoms with Crippen molar-refractivity contribution in [2.45, 2.75) is 24.0 Å². The zero-order valence-corrected chi connectivity index (χ0v) is 8.47. The molecule has 1 aromatic carbocycles. The van der Waals surface area contributed by atoms with Gasteiger partial charge in [0.1, 0.15) is 5.25 Å². The summed E-state index contributed by atoms with van der Waals surface area (Å²) in [5, 5.41) is 8.15. The number of benzene rings is 1. The minimum absolute atomic E-state index is 0.443. The second-order valence-corrected chi connectivity index (χ2v) is 4.66. The van der Waals surface area contributed by atoms with Gasteiger partial charge in [-0.2, -0.15) is 5.26 Å². The van der Waals surface area contributed by atoms with Crippen molar-refractivity contribution in [2.24, 2.45) is 0 Å². The predicted molar refractivity (Wildman–Crippen MR) is 52.7 cm³/mol. The molecule has 68 valence electrons. The Balaban J connectivity index is 2.97. The molecule has 0 bridgehead atoms. The molecule has 2 unspecified atom stereocenters. The maximum Gasteiger partial charge on any atom is 0.123 e. The second kappa shape index (κ2) is 4.20. The largest absolute Gasteiger partial charge is 0.253 e. The molecular weight excluding hydrogens is 182 g/mol. The van der Waals surface area contributed by atoms with Crippen molar-refractivity contribution in [2.75, 3.05) is 0 Å². The molecular formula is C10H11NOS. The molecule has 0 aliphatic heterocycles. The third kappa shape index (κ3) is 2.40. The lowest BCUT2D eigenvalue weighted by Crippen LogP contribution is -2.07. The molecule has 0 fully saturated rings. The van der Waals surface area contributed by atoms with Gasteiger partial charge in [0, 0.05) is 4.90 Å². The first-order chi connectivity index (χ1) is 6.15. The van der Waals surface area contributed by atoms with Crippen LogP contribution in [0, 0.1) is 18.3 Å². The highest BCUT2D eigenvalue weighted by Crippen LogP contribution is 2.12. The van der Waals surface area contributed by atoms with Gasteiger partial charge in [-0.15, -0.1) is 0 Å². The van der Waals surface area contributed by atoms with Crippen LogP contribution in [0.1, 0.15) is 12.5 Å². The van der Waals surface area contributed by atoms with Crippen LogP contribution in [0.25, 0.3) is 0 Å². The monoisotopic (exact) mass is 193 g/mol. The molecule has 0 N–H and O–H groups in total. The van der Waals surface area contributed by atoms with Crippen LogP contribution in [0.5, 0.6) is 0 Å². The zero-order chi connectivity index (χ0) is 9.84. The van der Waals surface area contributed by atoms with Crippen molar-refractivity contribution in [3.8, 4) is 6.07 Å². The molecule has 0 aliphatic rings. The third-order valence-corrected chi connectivity index (χ3v) is 3.19. The van der Waals surface area contributed by atoms with E-state index < -0.39 is 16.0 Å². The van der Waals surface area contributed by atoms with Crippen molar-refractivity contribution in [3.05, 3.63) is 29.8 Å². The molecule has 0 aliphatic carbocycles. The Kier molecular flexibility index (Phi) is 3.21. The Labute approximate surface area is 80.7 Å². The highest BCUT2D eigenvalue weighted by atomic mass is 32.2. The predicted octanol–water partition coefficient (Wildman–Crippen LogP) is 2.01. The maximum atomic E-state index is 11.6. The zero-order valence-electron chi connectivity index (χ0n) is 7.65. The fourth-order valence-corrected chi connectivity index (χ4v) is 2.01. The van der Waals surface area contributed by atoms with Gasteiger partial charge < -0.3 is 0 Å². The van der Waals surface area contributed by atoms with Crippen LogP contribution < -0.4 is 0 Å². The standard InChI is InChI=1S/C10H11NOS/c1-8-4-3-5-10(6-8)13(12)9(2)7-11/h3-6,9H,1-2H3. The second-order valence-electron chi connectivity index (χ2n) is 2.89. The van der Waals surface area contributed by atoms with E-state index in [1.807, 2.05) is 31.2 Å². The number of nitrogens with zero attached hydrogens (tertiary/aromatic N) is 1. The SMILES string of the molecule is Cc1cccc(S(=O)C(C)C#N)c1. The Morgan fingerprint density at radius 2 is 2.23 bits per heavy atom. The summed E-state index contributed by atoms with van der Waals surface area (Å²) in [4.78, 5) is 0.731. The lowest BCUT2D eigenvalue weighted by molar-refractivity contribution is 0.680. The summed E-state index contributed by atoms with van der Waals surface area (Å²) in [5.74, 6) is 0. The number of hydrogen-bond acceptors (Lipinski definition) is 2. The lowest BCUT2D eigenvalue weighted by Gasteiger charge is -2.03. The molecule has 0 amide bonds. The average Bonchev–Trinajstić information content (AvgIpc) is 2.15. The first-order valence-electron chi connectivity index (χ1n) is 4.02. The van der Waals surface area contributed by atoms with E-state index in [9.17, 15) is 4.21 Å². The lowest BCUT2D eigenvalue weighted by atomic mass is 10.2. The molecule has 1 rings (SSSR count). The van der Waals surface area contributed by atoms with Gasteiger partial charge in [0.15, 0.2) is 0 Å². The smallest absolute Gasteiger partial charge is 0.123 e. The highest BCUT2D eigenvalue weighted by molar-refractivity contribution is 7.86. The van der Waals surface area contributed by atoms with Crippen molar-refractivity contribution < 1.29 is 4.21 Å². The van der Waals surface area contributed by atoms with Crippen molar-refractivity contribution in [1.82, 2.24) is 0 Å². The van der Waals surface area contributed by atoms with Crippen LogP contribution in [0.3, 0.4) is 0 Å². The molecule has 0 saturated carbocycles. The molecule has 1 aromatic rings. The Morgan fingerprint density at radius 3 is 2.77 bits per heavy atom. The van der Waals surface area contributed by atoms with E-state index in [1.165, 1.54) is 0 Å². The van der Waals surface area contributed by atoms with Crippen molar-refractivity contribution >= 4 is 10.8 Å². The summed E-state index contributed by atoms with van der Waals surface area (Å²) in [6.07, 6.45) is 0. The van der Waals surface area contributed by atoms with Crippen LogP contribution in [0.2, 0.25) is 0 Å². The van der Waals surface area contributed by atoms with Crippen LogP contribution in [-0.4, -0.2) is 9.46 Å². The molecule has 2 atom stereocenters. The fourth-order valence-electron chi connectivity index (χ4n) is 0.992. The average molecular weight is 193 g/mol. The van der Waals surface area contributed by atoms with Gasteiger partial charge >= 0.3 is 0 Å². The summed E-state index contributed by atoms with van der Waals surface area (Å²) in [7, 11) is -1.20. The minimum Gasteiger partial charge on any atom is -0.253 e. The Morgan fingerprint density at radius 1 is 1.54 bits per heavy atom. The van der Waals surface area contributed by atoms with Gasteiger partial charge in [0.2, 0.25) is 0 Å². The van der Waals surface area contributed by atoms with Crippen molar-refractivity contribution in [3.63, 3.8) is 0 Å². The Hall–Kier alpha value is -1.14. The molecule has 0 aromatic heterocycles. The topological polar surface area (TPSA) is 40.9 Å². The number of hydrogen-bond donors (Lipinski definition) is 0. The molecule has 0 spiro atoms. The molecule has 3 heteroatoms. The van der Waals surface area contributed by atoms with Gasteiger partial charge in [0.05, 0.1) is 16.9 Å². The van der Waals surface area contributed by atoms with E-state index in [2.05, 4.69) is 0 Å². The first kappa shape index (κ1) is 9.94. The number of rotatable bonds is 2. The van der Waals surface area contributed by atoms with Crippen molar-refractivity contribution in [1.29, 1.82) is 5.26 Å². The molecule has 2 nitrogen and oxygen atoms in total. The van der Waals surface area contributed by atoms with E-state index in [0.717, 1.165) is 10.5 Å². The van der Waals surface area contributed by atoms with Gasteiger partial charge in [-0.25, -0.2) is 0 Å². The summed E-state index contributed by atoms with van der Waals surface area (Å²) in [6.45, 7) is 3.61. The molecule has 13 heavy (non-hydrogen) atoms. The Bertz CT molecular complexity index is 367. The van der Waals surface area contributed by atoms with Gasteiger partial charge in [0.25, 0.3) is 0 Å². The summed E-state index contributed by atoms with van der Waals surface area (Å²) < 4.78 is 11.6. The van der Waals surface area contributed by atoms with E-state index in [0.29, 0.717) is 0 Å². The maximum absolute atomic E-state index is 11.6. The van der Waals surface area contributed by atoms with Crippen LogP contribution in [-0.2, 0) is 10.8 Å². The van der Waals surface area contributed by atoms with E-state index in [-0.39, 0.29) is 0 Å². The summed E-state index contributed by atoms with van der Waals surface area (Å²) >= 11 is 0. The molecule has 0 radical (unpaired) electrons. The van der Waals surface area contributed by atoms with E-state index in [1.54, 1.807) is 13.0 Å². The van der Waals surface area contributed by atoms with Gasteiger partial charge in [-0.05, 0) is 31.5 Å². The van der Waals surface area contributed by atoms with E-state index >= 15 is 0 Å². The quantitative estimate of drug-likeness (QED) is 0.721. The van der Waals surface area contributed by atoms with Gasteiger partial charge in [-0.1, -0.05) is 12.1 Å². The number of aryl methyl sites for hydroxylation is 1. The highest BCUT2D eigenvalue weighted by Gasteiger charge is 2.11. The van der Waals surface area contributed by atoms with Crippen LogP contribution >= 0.6 is 0 Å². The van der Waals surface area contributed by atoms with E-state index in [4.69, 9.17) is 5.26 Å². The molecule has 0 saturated heterocycles. The summed E-state index contributed by atoms with van der Waals surface area (Å²) in [5.41, 5.74) is 1.07.